The molecule has 0 amide bonds. The minimum atomic E-state index is -0.449. The van der Waals surface area contributed by atoms with Gasteiger partial charge in [0.15, 0.2) is 0 Å². The van der Waals surface area contributed by atoms with E-state index >= 15 is 0 Å². The third-order valence-electron chi connectivity index (χ3n) is 3.59. The highest BCUT2D eigenvalue weighted by molar-refractivity contribution is 5.72. The van der Waals surface area contributed by atoms with Crippen LogP contribution in [-0.4, -0.2) is 29.0 Å². The van der Waals surface area contributed by atoms with E-state index in [2.05, 4.69) is 10.3 Å². The summed E-state index contributed by atoms with van der Waals surface area (Å²) in [6.07, 6.45) is 4.52. The van der Waals surface area contributed by atoms with Crippen molar-refractivity contribution in [3.05, 3.63) is 28.4 Å². The summed E-state index contributed by atoms with van der Waals surface area (Å²) in [5.74, 6) is 0.0584. The quantitative estimate of drug-likeness (QED) is 0.515. The van der Waals surface area contributed by atoms with E-state index in [9.17, 15) is 14.9 Å². The number of carbonyl (C=O) groups excluding carboxylic acids is 1. The van der Waals surface area contributed by atoms with Gasteiger partial charge in [0.05, 0.1) is 18.0 Å². The topological polar surface area (TPSA) is 94.4 Å². The van der Waals surface area contributed by atoms with Crippen molar-refractivity contribution in [1.82, 2.24) is 4.98 Å². The largest absolute Gasteiger partial charge is 0.469 e. The number of esters is 1. The average molecular weight is 279 g/mol. The molecule has 1 fully saturated rings. The molecule has 20 heavy (non-hydrogen) atoms. The Bertz CT molecular complexity index is 498. The number of aromatic nitrogens is 1. The van der Waals surface area contributed by atoms with Crippen molar-refractivity contribution in [1.29, 1.82) is 0 Å². The fraction of sp³-hybridized carbons (Fsp3) is 0.538. The lowest BCUT2D eigenvalue weighted by Crippen LogP contribution is -2.30. The van der Waals surface area contributed by atoms with Crippen LogP contribution in [0.4, 0.5) is 11.5 Å². The lowest BCUT2D eigenvalue weighted by Gasteiger charge is -2.27. The summed E-state index contributed by atoms with van der Waals surface area (Å²) in [4.78, 5) is 25.9. The molecule has 108 valence electrons. The zero-order valence-electron chi connectivity index (χ0n) is 11.2. The number of ether oxygens (including phenoxy) is 1. The van der Waals surface area contributed by atoms with Gasteiger partial charge in [-0.1, -0.05) is 0 Å². The molecule has 1 aliphatic carbocycles. The van der Waals surface area contributed by atoms with E-state index in [0.29, 0.717) is 5.82 Å². The molecule has 1 N–H and O–H groups in total. The second-order valence-corrected chi connectivity index (χ2v) is 4.84. The fourth-order valence-electron chi connectivity index (χ4n) is 2.49. The van der Waals surface area contributed by atoms with Crippen molar-refractivity contribution in [3.8, 4) is 0 Å². The van der Waals surface area contributed by atoms with Crippen LogP contribution in [0.25, 0.3) is 0 Å². The van der Waals surface area contributed by atoms with Crippen molar-refractivity contribution >= 4 is 17.5 Å². The number of methoxy groups -OCH3 is 1. The highest BCUT2D eigenvalue weighted by Gasteiger charge is 2.28. The molecule has 1 aromatic heterocycles. The monoisotopic (exact) mass is 279 g/mol. The highest BCUT2D eigenvalue weighted by Crippen LogP contribution is 2.29. The number of hydrogen-bond donors (Lipinski definition) is 1. The third kappa shape index (κ3) is 3.23. The second kappa shape index (κ2) is 6.31. The van der Waals surface area contributed by atoms with Crippen LogP contribution in [0.2, 0.25) is 0 Å². The first-order valence-corrected chi connectivity index (χ1v) is 6.55. The molecular formula is C13H17N3O4. The standard InChI is InChI=1S/C13H17N3O4/c1-20-13(17)9-4-6-10(7-5-9)15-12-11(16(18)19)3-2-8-14-12/h2-3,8-10H,4-7H2,1H3,(H,14,15). The van der Waals surface area contributed by atoms with Gasteiger partial charge in [-0.2, -0.15) is 0 Å². The summed E-state index contributed by atoms with van der Waals surface area (Å²) < 4.78 is 4.73. The molecule has 0 bridgehead atoms. The van der Waals surface area contributed by atoms with Gasteiger partial charge in [-0.05, 0) is 31.7 Å². The Labute approximate surface area is 116 Å². The maximum absolute atomic E-state index is 11.4. The van der Waals surface area contributed by atoms with Gasteiger partial charge in [-0.15, -0.1) is 0 Å². The lowest BCUT2D eigenvalue weighted by atomic mass is 9.86. The maximum Gasteiger partial charge on any atom is 0.311 e. The summed E-state index contributed by atoms with van der Waals surface area (Å²) in [5, 5.41) is 14.0. The molecule has 7 heteroatoms. The minimum absolute atomic E-state index is 0.0254. The number of pyridine rings is 1. The second-order valence-electron chi connectivity index (χ2n) is 4.84. The number of nitro groups is 1. The highest BCUT2D eigenvalue weighted by atomic mass is 16.6. The number of rotatable bonds is 4. The number of nitrogens with zero attached hydrogens (tertiary/aromatic N) is 2. The van der Waals surface area contributed by atoms with Gasteiger partial charge in [0.2, 0.25) is 5.82 Å². The Hall–Kier alpha value is -2.18. The summed E-state index contributed by atoms with van der Waals surface area (Å²) in [6.45, 7) is 0. The number of carbonyl (C=O) groups is 1. The zero-order chi connectivity index (χ0) is 14.5. The van der Waals surface area contributed by atoms with E-state index in [0.717, 1.165) is 25.7 Å². The predicted molar refractivity (Wildman–Crippen MR) is 72.3 cm³/mol. The Morgan fingerprint density at radius 2 is 2.15 bits per heavy atom. The third-order valence-corrected chi connectivity index (χ3v) is 3.59. The smallest absolute Gasteiger partial charge is 0.311 e. The van der Waals surface area contributed by atoms with E-state index < -0.39 is 4.92 Å². The SMILES string of the molecule is COC(=O)C1CCC(Nc2ncccc2[N+](=O)[O-])CC1. The Kier molecular flexibility index (Phi) is 4.49. The molecule has 0 saturated heterocycles. The molecule has 0 aromatic carbocycles. The molecule has 0 radical (unpaired) electrons. The van der Waals surface area contributed by atoms with Gasteiger partial charge in [0, 0.05) is 18.3 Å². The maximum atomic E-state index is 11.4. The minimum Gasteiger partial charge on any atom is -0.469 e. The molecule has 0 atom stereocenters. The van der Waals surface area contributed by atoms with Gasteiger partial charge in [-0.25, -0.2) is 4.98 Å². The van der Waals surface area contributed by atoms with Gasteiger partial charge in [-0.3, -0.25) is 14.9 Å². The summed E-state index contributed by atoms with van der Waals surface area (Å²) >= 11 is 0. The fourth-order valence-corrected chi connectivity index (χ4v) is 2.49. The summed E-state index contributed by atoms with van der Waals surface area (Å²) in [6, 6.07) is 3.07. The predicted octanol–water partition coefficient (Wildman–Crippen LogP) is 2.13. The molecule has 0 spiro atoms. The molecule has 1 aliphatic rings. The summed E-state index contributed by atoms with van der Waals surface area (Å²) in [5.41, 5.74) is -0.0254. The van der Waals surface area contributed by atoms with E-state index in [1.807, 2.05) is 0 Å². The van der Waals surface area contributed by atoms with Crippen LogP contribution >= 0.6 is 0 Å². The normalized spacial score (nSPS) is 22.1. The summed E-state index contributed by atoms with van der Waals surface area (Å²) in [7, 11) is 1.39. The molecule has 7 nitrogen and oxygen atoms in total. The van der Waals surface area contributed by atoms with Gasteiger partial charge >= 0.3 is 11.7 Å². The zero-order valence-corrected chi connectivity index (χ0v) is 11.2. The van der Waals surface area contributed by atoms with Crippen molar-refractivity contribution in [2.45, 2.75) is 31.7 Å². The first-order valence-electron chi connectivity index (χ1n) is 6.55. The van der Waals surface area contributed by atoms with Crippen molar-refractivity contribution in [3.63, 3.8) is 0 Å². The van der Waals surface area contributed by atoms with Crippen LogP contribution in [0.3, 0.4) is 0 Å². The number of nitrogens with one attached hydrogen (secondary N) is 1. The van der Waals surface area contributed by atoms with Crippen LogP contribution in [-0.2, 0) is 9.53 Å². The first kappa shape index (κ1) is 14.2. The van der Waals surface area contributed by atoms with Gasteiger partial charge < -0.3 is 10.1 Å². The van der Waals surface area contributed by atoms with Crippen molar-refractivity contribution in [2.24, 2.45) is 5.92 Å². The first-order chi connectivity index (χ1) is 9.61. The molecule has 2 rings (SSSR count). The number of anilines is 1. The molecule has 0 aliphatic heterocycles. The van der Waals surface area contributed by atoms with Crippen LogP contribution in [0.5, 0.6) is 0 Å². The average Bonchev–Trinajstić information content (AvgIpc) is 2.47. The van der Waals surface area contributed by atoms with Gasteiger partial charge in [0.1, 0.15) is 0 Å². The van der Waals surface area contributed by atoms with Crippen molar-refractivity contribution in [2.75, 3.05) is 12.4 Å². The van der Waals surface area contributed by atoms with Crippen LogP contribution in [0, 0.1) is 16.0 Å². The molecule has 1 aromatic rings. The van der Waals surface area contributed by atoms with E-state index in [1.54, 1.807) is 0 Å². The Morgan fingerprint density at radius 1 is 1.45 bits per heavy atom. The van der Waals surface area contributed by atoms with Gasteiger partial charge in [0.25, 0.3) is 0 Å². The number of hydrogen-bond acceptors (Lipinski definition) is 6. The van der Waals surface area contributed by atoms with E-state index in [-0.39, 0.29) is 23.6 Å². The Morgan fingerprint density at radius 3 is 2.75 bits per heavy atom. The Balaban J connectivity index is 1.96. The van der Waals surface area contributed by atoms with Crippen LogP contribution < -0.4 is 5.32 Å². The molecule has 0 unspecified atom stereocenters. The van der Waals surface area contributed by atoms with Crippen LogP contribution in [0.15, 0.2) is 18.3 Å². The molecular weight excluding hydrogens is 262 g/mol. The van der Waals surface area contributed by atoms with Crippen molar-refractivity contribution < 1.29 is 14.5 Å². The molecule has 1 saturated carbocycles. The lowest BCUT2D eigenvalue weighted by molar-refractivity contribution is -0.384. The van der Waals surface area contributed by atoms with E-state index in [1.165, 1.54) is 25.4 Å². The van der Waals surface area contributed by atoms with E-state index in [4.69, 9.17) is 4.74 Å². The van der Waals surface area contributed by atoms with Crippen LogP contribution in [0.1, 0.15) is 25.7 Å². The molecule has 1 heterocycles.